The van der Waals surface area contributed by atoms with E-state index in [2.05, 4.69) is 10.6 Å². The summed E-state index contributed by atoms with van der Waals surface area (Å²) in [6.07, 6.45) is 0.301. The predicted molar refractivity (Wildman–Crippen MR) is 132 cm³/mol. The van der Waals surface area contributed by atoms with Gasteiger partial charge in [-0.25, -0.2) is 0 Å². The van der Waals surface area contributed by atoms with Crippen LogP contribution in [0.1, 0.15) is 72.6 Å². The standard InChI is InChI=1S/C25H42N2O11/c1-16(29)27-22-24(37-19(4)32)23(36-18(3)31)20(15-35-17(2)30)38-25(22)34-14-10-7-11-21(33)26-12-8-5-6-9-13-28/h20,22-25,28H,5-15H2,1-4H3,(H,26,33)(H,27,29)/t20-,22-,23+,24-,25-/m1/s1. The average molecular weight is 547 g/mol. The first-order valence-corrected chi connectivity index (χ1v) is 12.9. The second-order valence-corrected chi connectivity index (χ2v) is 9.04. The first-order chi connectivity index (χ1) is 18.0. The Morgan fingerprint density at radius 1 is 0.816 bits per heavy atom. The number of hydrogen-bond acceptors (Lipinski definition) is 11. The van der Waals surface area contributed by atoms with Crippen LogP contribution in [0.2, 0.25) is 0 Å². The summed E-state index contributed by atoms with van der Waals surface area (Å²) in [6, 6.07) is -1.02. The fourth-order valence-corrected chi connectivity index (χ4v) is 3.93. The number of unbranched alkanes of at least 4 members (excludes halogenated alkanes) is 4. The monoisotopic (exact) mass is 546 g/mol. The highest BCUT2D eigenvalue weighted by Gasteiger charge is 2.51. The Morgan fingerprint density at radius 3 is 2.08 bits per heavy atom. The average Bonchev–Trinajstić information content (AvgIpc) is 2.82. The smallest absolute Gasteiger partial charge is 0.303 e. The SMILES string of the molecule is CC(=O)N[C@H]1[C@H](OCCCCC(=O)NCCCCCCO)O[C@H](COC(C)=O)[C@H](OC(C)=O)[C@@H]1OC(C)=O. The molecule has 0 aliphatic carbocycles. The van der Waals surface area contributed by atoms with Crippen LogP contribution in [-0.2, 0) is 47.7 Å². The van der Waals surface area contributed by atoms with Gasteiger partial charge in [-0.15, -0.1) is 0 Å². The van der Waals surface area contributed by atoms with Crippen LogP contribution in [0.25, 0.3) is 0 Å². The lowest BCUT2D eigenvalue weighted by Crippen LogP contribution is -2.66. The Kier molecular flexibility index (Phi) is 16.2. The van der Waals surface area contributed by atoms with Crippen molar-refractivity contribution in [2.75, 3.05) is 26.4 Å². The van der Waals surface area contributed by atoms with E-state index < -0.39 is 54.5 Å². The van der Waals surface area contributed by atoms with E-state index in [1.807, 2.05) is 0 Å². The summed E-state index contributed by atoms with van der Waals surface area (Å²) in [5.74, 6) is -2.50. The van der Waals surface area contributed by atoms with Crippen molar-refractivity contribution in [3.63, 3.8) is 0 Å². The number of hydrogen-bond donors (Lipinski definition) is 3. The fourth-order valence-electron chi connectivity index (χ4n) is 3.93. The molecular formula is C25H42N2O11. The van der Waals surface area contributed by atoms with Gasteiger partial charge >= 0.3 is 17.9 Å². The second-order valence-electron chi connectivity index (χ2n) is 9.04. The van der Waals surface area contributed by atoms with Crippen LogP contribution in [0, 0.1) is 0 Å². The molecule has 1 aliphatic rings. The highest BCUT2D eigenvalue weighted by Crippen LogP contribution is 2.28. The van der Waals surface area contributed by atoms with Crippen molar-refractivity contribution >= 4 is 29.7 Å². The molecule has 1 fully saturated rings. The van der Waals surface area contributed by atoms with Gasteiger partial charge in [-0.2, -0.15) is 0 Å². The van der Waals surface area contributed by atoms with Crippen LogP contribution in [0.5, 0.6) is 0 Å². The van der Waals surface area contributed by atoms with Gasteiger partial charge in [0.05, 0.1) is 0 Å². The molecule has 2 amide bonds. The van der Waals surface area contributed by atoms with Gasteiger partial charge in [0.1, 0.15) is 18.8 Å². The quantitative estimate of drug-likeness (QED) is 0.132. The Balaban J connectivity index is 2.76. The van der Waals surface area contributed by atoms with Crippen molar-refractivity contribution in [3.8, 4) is 0 Å². The molecule has 1 saturated heterocycles. The third-order valence-electron chi connectivity index (χ3n) is 5.56. The van der Waals surface area contributed by atoms with Crippen molar-refractivity contribution in [3.05, 3.63) is 0 Å². The van der Waals surface area contributed by atoms with Gasteiger partial charge in [0, 0.05) is 53.9 Å². The van der Waals surface area contributed by atoms with Crippen LogP contribution < -0.4 is 10.6 Å². The molecule has 0 bridgehead atoms. The number of ether oxygens (including phenoxy) is 5. The zero-order valence-electron chi connectivity index (χ0n) is 22.7. The Labute approximate surface area is 223 Å². The maximum Gasteiger partial charge on any atom is 0.303 e. The van der Waals surface area contributed by atoms with Gasteiger partial charge in [-0.3, -0.25) is 24.0 Å². The molecule has 13 heteroatoms. The molecule has 1 aliphatic heterocycles. The Bertz CT molecular complexity index is 776. The minimum absolute atomic E-state index is 0.0715. The summed E-state index contributed by atoms with van der Waals surface area (Å²) < 4.78 is 27.6. The van der Waals surface area contributed by atoms with E-state index in [9.17, 15) is 24.0 Å². The predicted octanol–water partition coefficient (Wildman–Crippen LogP) is 0.498. The summed E-state index contributed by atoms with van der Waals surface area (Å²) in [4.78, 5) is 59.0. The van der Waals surface area contributed by atoms with E-state index in [-0.39, 0.29) is 25.7 Å². The number of rotatable bonds is 17. The van der Waals surface area contributed by atoms with E-state index >= 15 is 0 Å². The van der Waals surface area contributed by atoms with E-state index in [1.165, 1.54) is 20.8 Å². The Hall–Kier alpha value is -2.77. The highest BCUT2D eigenvalue weighted by atomic mass is 16.7. The number of aliphatic hydroxyl groups excluding tert-OH is 1. The van der Waals surface area contributed by atoms with E-state index in [1.54, 1.807) is 0 Å². The normalized spacial score (nSPS) is 22.7. The fraction of sp³-hybridized carbons (Fsp3) is 0.800. The summed E-state index contributed by atoms with van der Waals surface area (Å²) in [5.41, 5.74) is 0. The topological polar surface area (TPSA) is 176 Å². The van der Waals surface area contributed by atoms with Gasteiger partial charge in [-0.1, -0.05) is 12.8 Å². The molecular weight excluding hydrogens is 504 g/mol. The lowest BCUT2D eigenvalue weighted by atomic mass is 9.96. The molecule has 0 aromatic rings. The van der Waals surface area contributed by atoms with Gasteiger partial charge < -0.3 is 39.4 Å². The minimum atomic E-state index is -1.18. The molecule has 5 atom stereocenters. The van der Waals surface area contributed by atoms with Crippen LogP contribution in [0.3, 0.4) is 0 Å². The zero-order valence-corrected chi connectivity index (χ0v) is 22.7. The first kappa shape index (κ1) is 33.3. The second kappa shape index (κ2) is 18.5. The van der Waals surface area contributed by atoms with Gasteiger partial charge in [0.25, 0.3) is 0 Å². The van der Waals surface area contributed by atoms with Gasteiger partial charge in [0.2, 0.25) is 11.8 Å². The number of carbonyl (C=O) groups is 5. The summed E-state index contributed by atoms with van der Waals surface area (Å²) >= 11 is 0. The zero-order chi connectivity index (χ0) is 28.5. The van der Waals surface area contributed by atoms with Crippen LogP contribution in [0.4, 0.5) is 0 Å². The van der Waals surface area contributed by atoms with Gasteiger partial charge in [0.15, 0.2) is 18.5 Å². The van der Waals surface area contributed by atoms with Crippen LogP contribution >= 0.6 is 0 Å². The van der Waals surface area contributed by atoms with Crippen molar-refractivity contribution in [1.29, 1.82) is 0 Å². The summed E-state index contributed by atoms with van der Waals surface area (Å²) in [7, 11) is 0. The van der Waals surface area contributed by atoms with Crippen molar-refractivity contribution in [2.45, 2.75) is 103 Å². The molecule has 1 heterocycles. The van der Waals surface area contributed by atoms with Crippen molar-refractivity contribution in [1.82, 2.24) is 10.6 Å². The molecule has 1 rings (SSSR count). The molecule has 0 aromatic heterocycles. The molecule has 218 valence electrons. The maximum absolute atomic E-state index is 12.0. The number of carbonyl (C=O) groups excluding carboxylic acids is 5. The maximum atomic E-state index is 12.0. The minimum Gasteiger partial charge on any atom is -0.463 e. The molecule has 13 nitrogen and oxygen atoms in total. The van der Waals surface area contributed by atoms with Crippen molar-refractivity contribution in [2.24, 2.45) is 0 Å². The third kappa shape index (κ3) is 13.7. The number of amides is 2. The molecule has 3 N–H and O–H groups in total. The van der Waals surface area contributed by atoms with E-state index in [0.29, 0.717) is 25.8 Å². The molecule has 0 aromatic carbocycles. The highest BCUT2D eigenvalue weighted by molar-refractivity contribution is 5.75. The number of esters is 3. The van der Waals surface area contributed by atoms with Crippen LogP contribution in [0.15, 0.2) is 0 Å². The van der Waals surface area contributed by atoms with Gasteiger partial charge in [-0.05, 0) is 25.7 Å². The molecule has 0 unspecified atom stereocenters. The summed E-state index contributed by atoms with van der Waals surface area (Å²) in [6.45, 7) is 5.40. The van der Waals surface area contributed by atoms with E-state index in [0.717, 1.165) is 32.6 Å². The van der Waals surface area contributed by atoms with Crippen molar-refractivity contribution < 1.29 is 52.8 Å². The van der Waals surface area contributed by atoms with Crippen LogP contribution in [-0.4, -0.2) is 91.8 Å². The summed E-state index contributed by atoms with van der Waals surface area (Å²) in [5, 5.41) is 14.3. The largest absolute Gasteiger partial charge is 0.463 e. The lowest BCUT2D eigenvalue weighted by molar-refractivity contribution is -0.277. The molecule has 0 saturated carbocycles. The van der Waals surface area contributed by atoms with E-state index in [4.69, 9.17) is 28.8 Å². The molecule has 38 heavy (non-hydrogen) atoms. The number of aliphatic hydroxyl groups is 1. The molecule has 0 radical (unpaired) electrons. The molecule has 0 spiro atoms. The third-order valence-corrected chi connectivity index (χ3v) is 5.56. The Morgan fingerprint density at radius 2 is 1.47 bits per heavy atom. The number of nitrogens with one attached hydrogen (secondary N) is 2. The lowest BCUT2D eigenvalue weighted by Gasteiger charge is -2.44. The first-order valence-electron chi connectivity index (χ1n) is 12.9.